The average molecular weight is 560 g/mol. The van der Waals surface area contributed by atoms with Gasteiger partial charge >= 0.3 is 0 Å². The molecule has 10 heteroatoms. The van der Waals surface area contributed by atoms with Crippen LogP contribution in [0.4, 0.5) is 8.78 Å². The molecule has 2 aliphatic rings. The minimum atomic E-state index is -0.617. The van der Waals surface area contributed by atoms with Crippen LogP contribution >= 0.6 is 23.1 Å². The fourth-order valence-corrected chi connectivity index (χ4v) is 7.27. The van der Waals surface area contributed by atoms with Crippen LogP contribution < -0.4 is 16.4 Å². The number of nitrogens with two attached hydrogens (primary N) is 1. The molecule has 0 amide bonds. The molecule has 0 radical (unpaired) electrons. The number of rotatable bonds is 10. The zero-order valence-corrected chi connectivity index (χ0v) is 23.7. The predicted octanol–water partition coefficient (Wildman–Crippen LogP) is 5.43. The molecule has 4 rings (SSSR count). The Morgan fingerprint density at radius 1 is 1.45 bits per heavy atom. The lowest BCUT2D eigenvalue weighted by molar-refractivity contribution is 0.280. The first-order valence-electron chi connectivity index (χ1n) is 12.5. The largest absolute Gasteiger partial charge is 0.395 e. The van der Waals surface area contributed by atoms with Crippen molar-refractivity contribution in [2.45, 2.75) is 52.0 Å². The zero-order valence-electron chi connectivity index (χ0n) is 22.1. The maximum Gasteiger partial charge on any atom is 0.140 e. The first-order valence-corrected chi connectivity index (χ1v) is 14.2. The quantitative estimate of drug-likeness (QED) is 0.227. The molecule has 1 aromatic carbocycles. The van der Waals surface area contributed by atoms with Crippen molar-refractivity contribution in [2.24, 2.45) is 23.0 Å². The van der Waals surface area contributed by atoms with Crippen molar-refractivity contribution in [2.75, 3.05) is 6.54 Å². The molecular weight excluding hydrogens is 524 g/mol. The Balaban J connectivity index is 0.000000304. The van der Waals surface area contributed by atoms with E-state index in [1.54, 1.807) is 35.4 Å². The van der Waals surface area contributed by atoms with Crippen molar-refractivity contribution in [3.63, 3.8) is 0 Å². The number of hydrogen-bond donors (Lipinski definition) is 4. The van der Waals surface area contributed by atoms with Crippen molar-refractivity contribution in [1.82, 2.24) is 15.6 Å². The van der Waals surface area contributed by atoms with Crippen LogP contribution in [0.15, 0.2) is 53.2 Å². The van der Waals surface area contributed by atoms with Gasteiger partial charge in [0.2, 0.25) is 0 Å². The van der Waals surface area contributed by atoms with E-state index in [2.05, 4.69) is 42.1 Å². The molecule has 1 heterocycles. The normalized spacial score (nSPS) is 24.9. The number of aromatic nitrogens is 1. The Kier molecular flexibility index (Phi) is 9.99. The second-order valence-corrected chi connectivity index (χ2v) is 11.7. The summed E-state index contributed by atoms with van der Waals surface area (Å²) in [7, 11) is 0. The third-order valence-electron chi connectivity index (χ3n) is 7.29. The highest BCUT2D eigenvalue weighted by atomic mass is 32.2. The van der Waals surface area contributed by atoms with E-state index in [1.807, 2.05) is 18.5 Å². The van der Waals surface area contributed by atoms with Crippen LogP contribution in [0.5, 0.6) is 0 Å². The second kappa shape index (κ2) is 12.8. The van der Waals surface area contributed by atoms with Crippen molar-refractivity contribution >= 4 is 28.8 Å². The molecular formula is C28H35F2N5OS2. The smallest absolute Gasteiger partial charge is 0.140 e. The second-order valence-electron chi connectivity index (χ2n) is 9.56. The Labute approximate surface area is 231 Å². The SMILES string of the molecule is C=C/C(SC1CC12C(C)C2C(C)N/C=C(\N)c1nccs1)=C(/C#N)NCC.Cc1c(F)cc(CO)cc1F. The molecule has 5 unspecified atom stereocenters. The highest BCUT2D eigenvalue weighted by molar-refractivity contribution is 8.04. The van der Waals surface area contributed by atoms with Gasteiger partial charge in [0.1, 0.15) is 28.4 Å². The predicted molar refractivity (Wildman–Crippen MR) is 151 cm³/mol. The van der Waals surface area contributed by atoms with E-state index in [-0.39, 0.29) is 17.7 Å². The Morgan fingerprint density at radius 2 is 2.13 bits per heavy atom. The molecule has 6 nitrogen and oxygen atoms in total. The third kappa shape index (κ3) is 6.40. The van der Waals surface area contributed by atoms with Gasteiger partial charge in [0.15, 0.2) is 0 Å². The van der Waals surface area contributed by atoms with Crippen LogP contribution in [0, 0.1) is 47.1 Å². The first kappa shape index (κ1) is 29.7. The summed E-state index contributed by atoms with van der Waals surface area (Å²) in [4.78, 5) is 5.20. The number of nitrogens with zero attached hydrogens (tertiary/aromatic N) is 2. The van der Waals surface area contributed by atoms with E-state index in [0.717, 1.165) is 28.6 Å². The number of nitriles is 1. The monoisotopic (exact) mass is 559 g/mol. The van der Waals surface area contributed by atoms with E-state index in [0.29, 0.717) is 39.9 Å². The Morgan fingerprint density at radius 3 is 2.66 bits per heavy atom. The van der Waals surface area contributed by atoms with Gasteiger partial charge in [-0.25, -0.2) is 13.8 Å². The van der Waals surface area contributed by atoms with Gasteiger partial charge in [0.25, 0.3) is 0 Å². The number of thioether (sulfide) groups is 1. The van der Waals surface area contributed by atoms with Crippen LogP contribution in [0.1, 0.15) is 43.3 Å². The first-order chi connectivity index (χ1) is 18.1. The van der Waals surface area contributed by atoms with Crippen molar-refractivity contribution in [3.8, 4) is 6.07 Å². The molecule has 2 fully saturated rings. The Bertz CT molecular complexity index is 1220. The molecule has 0 aliphatic heterocycles. The molecule has 1 spiro atoms. The van der Waals surface area contributed by atoms with Crippen LogP contribution in [0.2, 0.25) is 0 Å². The van der Waals surface area contributed by atoms with E-state index in [9.17, 15) is 14.0 Å². The summed E-state index contributed by atoms with van der Waals surface area (Å²) in [6.07, 6.45) is 6.66. The Hall–Kier alpha value is -2.87. The van der Waals surface area contributed by atoms with E-state index in [4.69, 9.17) is 10.8 Å². The van der Waals surface area contributed by atoms with Gasteiger partial charge in [-0.05, 0) is 62.1 Å². The van der Waals surface area contributed by atoms with Gasteiger partial charge in [-0.2, -0.15) is 5.26 Å². The molecule has 2 saturated carbocycles. The maximum absolute atomic E-state index is 12.7. The summed E-state index contributed by atoms with van der Waals surface area (Å²) in [5, 5.41) is 27.9. The van der Waals surface area contributed by atoms with Crippen molar-refractivity contribution < 1.29 is 13.9 Å². The molecule has 0 saturated heterocycles. The van der Waals surface area contributed by atoms with E-state index < -0.39 is 11.6 Å². The molecule has 5 atom stereocenters. The summed E-state index contributed by atoms with van der Waals surface area (Å²) in [6.45, 7) is 12.2. The van der Waals surface area contributed by atoms with Crippen molar-refractivity contribution in [1.29, 1.82) is 5.26 Å². The molecule has 2 aliphatic carbocycles. The lowest BCUT2D eigenvalue weighted by Crippen LogP contribution is -2.25. The molecule has 5 N–H and O–H groups in total. The van der Waals surface area contributed by atoms with Crippen molar-refractivity contribution in [3.05, 3.63) is 80.9 Å². The summed E-state index contributed by atoms with van der Waals surface area (Å²) in [5.74, 6) is 0.0527. The van der Waals surface area contributed by atoms with Gasteiger partial charge in [0, 0.05) is 46.1 Å². The highest BCUT2D eigenvalue weighted by Gasteiger charge is 2.77. The van der Waals surface area contributed by atoms with Crippen LogP contribution in [0.25, 0.3) is 5.70 Å². The summed E-state index contributed by atoms with van der Waals surface area (Å²) < 4.78 is 25.4. The number of allylic oxidation sites excluding steroid dienone is 2. The lowest BCUT2D eigenvalue weighted by atomic mass is 10.1. The number of aliphatic hydroxyl groups is 1. The zero-order chi connectivity index (χ0) is 28.0. The van der Waals surface area contributed by atoms with Gasteiger partial charge in [-0.1, -0.05) is 19.6 Å². The minimum absolute atomic E-state index is 0.0119. The number of halogens is 2. The van der Waals surface area contributed by atoms with Crippen LogP contribution in [-0.4, -0.2) is 27.9 Å². The molecule has 38 heavy (non-hydrogen) atoms. The minimum Gasteiger partial charge on any atom is -0.395 e. The molecule has 0 bridgehead atoms. The summed E-state index contributed by atoms with van der Waals surface area (Å²) >= 11 is 3.34. The fraction of sp³-hybridized carbons (Fsp3) is 0.429. The number of benzene rings is 1. The van der Waals surface area contributed by atoms with Crippen LogP contribution in [0.3, 0.4) is 0 Å². The van der Waals surface area contributed by atoms with Crippen LogP contribution in [-0.2, 0) is 6.61 Å². The van der Waals surface area contributed by atoms with Gasteiger partial charge in [-0.3, -0.25) is 0 Å². The van der Waals surface area contributed by atoms with Gasteiger partial charge in [-0.15, -0.1) is 23.1 Å². The summed E-state index contributed by atoms with van der Waals surface area (Å²) in [6, 6.07) is 4.86. The molecule has 2 aromatic rings. The summed E-state index contributed by atoms with van der Waals surface area (Å²) in [5.41, 5.74) is 8.04. The standard InChI is InChI=1S/C20H27N5S2.C8H8F2O/c1-5-16(15(10-21)23-6-2)27-17-9-20(17)12(3)18(20)13(4)25-11-14(22)19-24-7-8-26-19;1-5-7(9)2-6(4-11)3-8(5)10/h5,7-8,11-13,17-18,23,25H,1,6,9,22H2,2-4H3;2-3,11H,4H2,1H3/b14-11-,16-15+;. The maximum atomic E-state index is 12.7. The van der Waals surface area contributed by atoms with E-state index in [1.165, 1.54) is 13.3 Å². The molecule has 204 valence electrons. The fourth-order valence-electron chi connectivity index (χ4n) is 5.10. The average Bonchev–Trinajstić information content (AvgIpc) is 3.63. The topological polar surface area (TPSA) is 107 Å². The van der Waals surface area contributed by atoms with E-state index >= 15 is 0 Å². The molecule has 1 aromatic heterocycles. The third-order valence-corrected chi connectivity index (χ3v) is 9.62. The number of aliphatic hydroxyl groups excluding tert-OH is 1. The van der Waals surface area contributed by atoms with Gasteiger partial charge in [0.05, 0.1) is 12.3 Å². The number of thiazole rings is 1. The number of hydrogen-bond acceptors (Lipinski definition) is 8. The van der Waals surface area contributed by atoms with Gasteiger partial charge < -0.3 is 21.5 Å². The highest BCUT2D eigenvalue weighted by Crippen LogP contribution is 2.79. The number of nitrogens with one attached hydrogen (secondary N) is 2. The lowest BCUT2D eigenvalue weighted by Gasteiger charge is -2.13.